The molecule has 2 heterocycles. The first-order valence-corrected chi connectivity index (χ1v) is 16.5. The standard InChI is InChI=1S/C18H22N6O3.C11H11N5.C7H13NO4/c1-18(2,3)27-17(26)20-11-15(25)21-14-10-9-13(16(19)22-14)24-23-12-7-5-4-6-8-12;12-10-7-6-9(11(13)14-10)16-15-8-4-2-1-3-5-8;1-7(2,3)12-6(11)8-4-5(9)10/h4-10H,11H2,1-3H3,(H,20,26)(H3,19,21,22,25);1-7H,(H4,12,13,14);4H2,1-3H3,(H,8,11)(H,9,10). The molecule has 4 rings (SSSR count). The lowest BCUT2D eigenvalue weighted by atomic mass is 10.2. The molecular formula is C36H46N12O7. The number of azo groups is 2. The molecule has 0 unspecified atom stereocenters. The minimum atomic E-state index is -1.10. The van der Waals surface area contributed by atoms with Crippen molar-refractivity contribution in [3.05, 3.63) is 84.9 Å². The van der Waals surface area contributed by atoms with Gasteiger partial charge in [0.05, 0.1) is 11.4 Å². The third kappa shape index (κ3) is 19.9. The fraction of sp³-hybridized carbons (Fsp3) is 0.278. The molecule has 0 fully saturated rings. The number of nitrogens with zero attached hydrogens (tertiary/aromatic N) is 6. The van der Waals surface area contributed by atoms with Crippen molar-refractivity contribution in [2.75, 3.05) is 35.6 Å². The zero-order valence-corrected chi connectivity index (χ0v) is 31.3. The molecule has 55 heavy (non-hydrogen) atoms. The predicted molar refractivity (Wildman–Crippen MR) is 208 cm³/mol. The molecule has 0 aliphatic heterocycles. The first kappa shape index (κ1) is 44.0. The van der Waals surface area contributed by atoms with Gasteiger partial charge in [-0.1, -0.05) is 36.4 Å². The Hall–Kier alpha value is -7.18. The van der Waals surface area contributed by atoms with E-state index in [2.05, 4.69) is 46.4 Å². The molecule has 0 bridgehead atoms. The third-order valence-corrected chi connectivity index (χ3v) is 5.73. The highest BCUT2D eigenvalue weighted by Gasteiger charge is 2.17. The second-order valence-electron chi connectivity index (χ2n) is 13.0. The number of nitrogens with one attached hydrogen (secondary N) is 3. The molecule has 19 heteroatoms. The number of benzene rings is 2. The highest BCUT2D eigenvalue weighted by Crippen LogP contribution is 2.25. The largest absolute Gasteiger partial charge is 0.480 e. The van der Waals surface area contributed by atoms with E-state index in [0.717, 1.165) is 5.69 Å². The van der Waals surface area contributed by atoms with Gasteiger partial charge in [0.1, 0.15) is 47.3 Å². The number of alkyl carbamates (subject to hydrolysis) is 2. The molecule has 10 N–H and O–H groups in total. The molecule has 0 atom stereocenters. The van der Waals surface area contributed by atoms with Gasteiger partial charge >= 0.3 is 18.2 Å². The fourth-order valence-electron chi connectivity index (χ4n) is 3.52. The molecule has 292 valence electrons. The van der Waals surface area contributed by atoms with E-state index in [1.165, 1.54) is 0 Å². The summed E-state index contributed by atoms with van der Waals surface area (Å²) in [4.78, 5) is 52.1. The van der Waals surface area contributed by atoms with Crippen LogP contribution in [0.1, 0.15) is 41.5 Å². The van der Waals surface area contributed by atoms with Crippen LogP contribution in [0.2, 0.25) is 0 Å². The number of hydrogen-bond acceptors (Lipinski definition) is 15. The monoisotopic (exact) mass is 758 g/mol. The second-order valence-corrected chi connectivity index (χ2v) is 13.0. The van der Waals surface area contributed by atoms with Gasteiger partial charge in [-0.05, 0) is 90.1 Å². The lowest BCUT2D eigenvalue weighted by Gasteiger charge is -2.19. The maximum absolute atomic E-state index is 11.9. The van der Waals surface area contributed by atoms with Crippen LogP contribution in [0.3, 0.4) is 0 Å². The number of ether oxygens (including phenoxy) is 2. The van der Waals surface area contributed by atoms with Crippen LogP contribution >= 0.6 is 0 Å². The molecule has 3 amide bonds. The molecule has 0 aliphatic rings. The Kier molecular flexibility index (Phi) is 17.1. The molecule has 4 aromatic rings. The van der Waals surface area contributed by atoms with Gasteiger partial charge in [0, 0.05) is 0 Å². The van der Waals surface area contributed by atoms with E-state index in [4.69, 9.17) is 31.8 Å². The topological polar surface area (TPSA) is 296 Å². The molecule has 0 aliphatic carbocycles. The van der Waals surface area contributed by atoms with Crippen molar-refractivity contribution in [1.29, 1.82) is 0 Å². The van der Waals surface area contributed by atoms with Crippen LogP contribution in [0.4, 0.5) is 55.6 Å². The molecule has 0 saturated carbocycles. The maximum Gasteiger partial charge on any atom is 0.408 e. The van der Waals surface area contributed by atoms with Gasteiger partial charge < -0.3 is 47.7 Å². The zero-order valence-electron chi connectivity index (χ0n) is 31.3. The van der Waals surface area contributed by atoms with Crippen LogP contribution in [0.5, 0.6) is 0 Å². The predicted octanol–water partition coefficient (Wildman–Crippen LogP) is 6.80. The van der Waals surface area contributed by atoms with Gasteiger partial charge in [-0.3, -0.25) is 9.59 Å². The Bertz CT molecular complexity index is 1930. The Labute approximate surface area is 317 Å². The summed E-state index contributed by atoms with van der Waals surface area (Å²) < 4.78 is 9.82. The molecular weight excluding hydrogens is 712 g/mol. The number of carboxylic acid groups (broad SMARTS) is 1. The third-order valence-electron chi connectivity index (χ3n) is 5.73. The minimum absolute atomic E-state index is 0.118. The van der Waals surface area contributed by atoms with Crippen molar-refractivity contribution in [1.82, 2.24) is 20.6 Å². The maximum atomic E-state index is 11.9. The van der Waals surface area contributed by atoms with E-state index < -0.39 is 41.8 Å². The number of anilines is 4. The Morgan fingerprint density at radius 2 is 1.05 bits per heavy atom. The fourth-order valence-corrected chi connectivity index (χ4v) is 3.52. The summed E-state index contributed by atoms with van der Waals surface area (Å²) in [5.74, 6) is -0.558. The van der Waals surface area contributed by atoms with Gasteiger partial charge in [0.2, 0.25) is 5.91 Å². The average Bonchev–Trinajstić information content (AvgIpc) is 3.09. The Morgan fingerprint density at radius 1 is 0.618 bits per heavy atom. The van der Waals surface area contributed by atoms with Crippen molar-refractivity contribution < 1.29 is 33.8 Å². The molecule has 2 aromatic carbocycles. The zero-order chi connectivity index (χ0) is 41.0. The van der Waals surface area contributed by atoms with E-state index in [9.17, 15) is 19.2 Å². The van der Waals surface area contributed by atoms with E-state index in [1.54, 1.807) is 77.9 Å². The number of aliphatic carboxylic acids is 1. The normalized spacial score (nSPS) is 10.9. The molecule has 0 radical (unpaired) electrons. The quantitative estimate of drug-likeness (QED) is 0.0867. The number of rotatable bonds is 9. The first-order valence-electron chi connectivity index (χ1n) is 16.5. The summed E-state index contributed by atoms with van der Waals surface area (Å²) in [6, 6.07) is 25.0. The molecule has 0 spiro atoms. The van der Waals surface area contributed by atoms with E-state index in [1.807, 2.05) is 48.5 Å². The SMILES string of the molecule is CC(C)(C)OC(=O)NCC(=O)Nc1ccc(N=Nc2ccccc2)c(N)n1.CC(C)(C)OC(=O)NCC(=O)O.Nc1ccc(N=Nc2ccccc2)c(N)n1. The van der Waals surface area contributed by atoms with Crippen LogP contribution in [-0.4, -0.2) is 63.4 Å². The highest BCUT2D eigenvalue weighted by molar-refractivity contribution is 5.93. The lowest BCUT2D eigenvalue weighted by Crippen LogP contribution is -2.37. The summed E-state index contributed by atoms with van der Waals surface area (Å²) in [6.45, 7) is 9.62. The van der Waals surface area contributed by atoms with Crippen LogP contribution in [0.25, 0.3) is 0 Å². The summed E-state index contributed by atoms with van der Waals surface area (Å²) in [5, 5.41) is 31.3. The molecule has 2 aromatic heterocycles. The van der Waals surface area contributed by atoms with Gasteiger partial charge in [0.15, 0.2) is 11.6 Å². The number of hydrogen-bond donors (Lipinski definition) is 7. The number of nitrogen functional groups attached to an aromatic ring is 3. The van der Waals surface area contributed by atoms with E-state index >= 15 is 0 Å². The summed E-state index contributed by atoms with van der Waals surface area (Å²) in [7, 11) is 0. The Balaban J connectivity index is 0.000000316. The molecule has 0 saturated heterocycles. The Morgan fingerprint density at radius 3 is 1.47 bits per heavy atom. The number of amides is 3. The van der Waals surface area contributed by atoms with Crippen LogP contribution in [0, 0.1) is 0 Å². The van der Waals surface area contributed by atoms with Crippen molar-refractivity contribution in [3.8, 4) is 0 Å². The number of carboxylic acids is 1. The molecule has 19 nitrogen and oxygen atoms in total. The summed E-state index contributed by atoms with van der Waals surface area (Å²) in [6.07, 6.45) is -1.40. The van der Waals surface area contributed by atoms with Crippen molar-refractivity contribution >= 4 is 70.1 Å². The number of carbonyl (C=O) groups excluding carboxylic acids is 3. The van der Waals surface area contributed by atoms with Crippen molar-refractivity contribution in [2.24, 2.45) is 20.5 Å². The number of pyridine rings is 2. The van der Waals surface area contributed by atoms with Crippen LogP contribution < -0.4 is 33.2 Å². The van der Waals surface area contributed by atoms with Crippen LogP contribution in [0.15, 0.2) is 105 Å². The van der Waals surface area contributed by atoms with Crippen molar-refractivity contribution in [3.63, 3.8) is 0 Å². The van der Waals surface area contributed by atoms with Gasteiger partial charge in [-0.15, -0.1) is 10.2 Å². The summed E-state index contributed by atoms with van der Waals surface area (Å²) in [5.41, 5.74) is 18.1. The van der Waals surface area contributed by atoms with E-state index in [0.29, 0.717) is 22.9 Å². The average molecular weight is 759 g/mol. The summed E-state index contributed by atoms with van der Waals surface area (Å²) >= 11 is 0. The lowest BCUT2D eigenvalue weighted by molar-refractivity contribution is -0.136. The minimum Gasteiger partial charge on any atom is -0.480 e. The first-order chi connectivity index (χ1) is 25.8. The number of nitrogens with two attached hydrogens (primary N) is 3. The van der Waals surface area contributed by atoms with E-state index in [-0.39, 0.29) is 24.0 Å². The second kappa shape index (κ2) is 21.4. The van der Waals surface area contributed by atoms with Gasteiger partial charge in [-0.25, -0.2) is 19.6 Å². The number of carbonyl (C=O) groups is 4. The highest BCUT2D eigenvalue weighted by atomic mass is 16.6. The van der Waals surface area contributed by atoms with Gasteiger partial charge in [0.25, 0.3) is 0 Å². The number of aromatic nitrogens is 2. The van der Waals surface area contributed by atoms with Crippen LogP contribution in [-0.2, 0) is 19.1 Å². The smallest absolute Gasteiger partial charge is 0.408 e. The van der Waals surface area contributed by atoms with Gasteiger partial charge in [-0.2, -0.15) is 10.2 Å². The van der Waals surface area contributed by atoms with Crippen molar-refractivity contribution in [2.45, 2.75) is 52.7 Å².